The summed E-state index contributed by atoms with van der Waals surface area (Å²) in [5, 5.41) is 18.9. The number of ether oxygens (including phenoxy) is 1. The van der Waals surface area contributed by atoms with Crippen LogP contribution in [0.25, 0.3) is 11.6 Å². The Kier molecular flexibility index (Phi) is 2.67. The van der Waals surface area contributed by atoms with Gasteiger partial charge in [-0.1, -0.05) is 12.1 Å². The van der Waals surface area contributed by atoms with Gasteiger partial charge in [0, 0.05) is 11.6 Å². The summed E-state index contributed by atoms with van der Waals surface area (Å²) in [7, 11) is 0. The van der Waals surface area contributed by atoms with Crippen molar-refractivity contribution in [1.82, 2.24) is 0 Å². The summed E-state index contributed by atoms with van der Waals surface area (Å²) < 4.78 is 5.69. The molecule has 0 atom stereocenters. The Labute approximate surface area is 111 Å². The zero-order valence-corrected chi connectivity index (χ0v) is 10.6. The number of benzene rings is 2. The summed E-state index contributed by atoms with van der Waals surface area (Å²) >= 11 is 0. The second kappa shape index (κ2) is 4.35. The van der Waals surface area contributed by atoms with Crippen molar-refractivity contribution in [2.24, 2.45) is 0 Å². The van der Waals surface area contributed by atoms with E-state index >= 15 is 0 Å². The Bertz CT molecular complexity index is 654. The molecule has 1 aliphatic rings. The Hall–Kier alpha value is -2.42. The van der Waals surface area contributed by atoms with Gasteiger partial charge in [-0.3, -0.25) is 0 Å². The van der Waals surface area contributed by atoms with Crippen molar-refractivity contribution in [2.45, 2.75) is 6.92 Å². The van der Waals surface area contributed by atoms with Gasteiger partial charge in [-0.2, -0.15) is 0 Å². The molecule has 96 valence electrons. The number of aryl methyl sites for hydroxylation is 1. The van der Waals surface area contributed by atoms with Gasteiger partial charge in [-0.15, -0.1) is 0 Å². The van der Waals surface area contributed by atoms with Gasteiger partial charge in [0.1, 0.15) is 23.9 Å². The molecule has 1 aliphatic heterocycles. The molecule has 0 fully saturated rings. The molecule has 2 aromatic rings. The zero-order valence-electron chi connectivity index (χ0n) is 10.6. The van der Waals surface area contributed by atoms with E-state index in [2.05, 4.69) is 6.08 Å². The summed E-state index contributed by atoms with van der Waals surface area (Å²) in [6.45, 7) is 2.40. The molecule has 3 rings (SSSR count). The lowest BCUT2D eigenvalue weighted by atomic mass is 9.98. The highest BCUT2D eigenvalue weighted by Crippen LogP contribution is 2.35. The summed E-state index contributed by atoms with van der Waals surface area (Å²) in [5.74, 6) is 1.18. The topological polar surface area (TPSA) is 49.7 Å². The molecular formula is C16H14O3. The van der Waals surface area contributed by atoms with E-state index in [9.17, 15) is 10.2 Å². The molecule has 0 unspecified atom stereocenters. The minimum atomic E-state index is 0.220. The first-order chi connectivity index (χ1) is 9.13. The third-order valence-electron chi connectivity index (χ3n) is 3.27. The van der Waals surface area contributed by atoms with E-state index in [0.717, 1.165) is 22.3 Å². The van der Waals surface area contributed by atoms with Crippen molar-refractivity contribution in [2.75, 3.05) is 6.61 Å². The van der Waals surface area contributed by atoms with Crippen LogP contribution in [0.4, 0.5) is 0 Å². The van der Waals surface area contributed by atoms with Crippen molar-refractivity contribution >= 4 is 11.6 Å². The highest BCUT2D eigenvalue weighted by molar-refractivity contribution is 5.86. The van der Waals surface area contributed by atoms with Gasteiger partial charge >= 0.3 is 0 Å². The smallest absolute Gasteiger partial charge is 0.130 e. The lowest BCUT2D eigenvalue weighted by Gasteiger charge is -2.20. The Morgan fingerprint density at radius 2 is 1.74 bits per heavy atom. The van der Waals surface area contributed by atoms with Crippen molar-refractivity contribution in [3.63, 3.8) is 0 Å². The molecular weight excluding hydrogens is 240 g/mol. The number of hydrogen-bond donors (Lipinski definition) is 2. The number of hydrogen-bond acceptors (Lipinski definition) is 3. The van der Waals surface area contributed by atoms with Crippen molar-refractivity contribution < 1.29 is 14.9 Å². The quantitative estimate of drug-likeness (QED) is 0.820. The van der Waals surface area contributed by atoms with E-state index in [1.165, 1.54) is 0 Å². The molecule has 3 heteroatoms. The fourth-order valence-electron chi connectivity index (χ4n) is 2.27. The maximum atomic E-state index is 9.55. The van der Waals surface area contributed by atoms with E-state index in [1.54, 1.807) is 24.3 Å². The van der Waals surface area contributed by atoms with E-state index in [-0.39, 0.29) is 11.5 Å². The molecule has 3 nitrogen and oxygen atoms in total. The number of fused-ring (bicyclic) bond motifs is 1. The zero-order chi connectivity index (χ0) is 13.4. The van der Waals surface area contributed by atoms with Crippen molar-refractivity contribution in [3.8, 4) is 17.2 Å². The van der Waals surface area contributed by atoms with Gasteiger partial charge < -0.3 is 14.9 Å². The average molecular weight is 254 g/mol. The summed E-state index contributed by atoms with van der Waals surface area (Å²) in [6.07, 6.45) is 2.07. The second-order valence-electron chi connectivity index (χ2n) is 4.68. The molecule has 19 heavy (non-hydrogen) atoms. The van der Waals surface area contributed by atoms with E-state index in [4.69, 9.17) is 4.74 Å². The average Bonchev–Trinajstić information content (AvgIpc) is 2.39. The van der Waals surface area contributed by atoms with Crippen LogP contribution in [0.2, 0.25) is 0 Å². The molecule has 0 radical (unpaired) electrons. The number of rotatable bonds is 1. The van der Waals surface area contributed by atoms with Gasteiger partial charge in [0.05, 0.1) is 0 Å². The SMILES string of the molecule is Cc1cc(O)cc2c1C=C(c1ccc(O)cc1)CO2. The molecule has 0 amide bonds. The van der Waals surface area contributed by atoms with Crippen LogP contribution in [0.15, 0.2) is 36.4 Å². The van der Waals surface area contributed by atoms with Gasteiger partial charge in [0.2, 0.25) is 0 Å². The van der Waals surface area contributed by atoms with E-state index in [1.807, 2.05) is 19.1 Å². The van der Waals surface area contributed by atoms with Crippen LogP contribution in [-0.2, 0) is 0 Å². The minimum Gasteiger partial charge on any atom is -0.508 e. The summed E-state index contributed by atoms with van der Waals surface area (Å²) in [4.78, 5) is 0. The van der Waals surface area contributed by atoms with Crippen LogP contribution >= 0.6 is 0 Å². The van der Waals surface area contributed by atoms with Gasteiger partial charge in [0.15, 0.2) is 0 Å². The van der Waals surface area contributed by atoms with Crippen molar-refractivity contribution in [3.05, 3.63) is 53.1 Å². The lowest BCUT2D eigenvalue weighted by Crippen LogP contribution is -2.07. The predicted molar refractivity (Wildman–Crippen MR) is 74.3 cm³/mol. The largest absolute Gasteiger partial charge is 0.508 e. The normalized spacial score (nSPS) is 13.4. The fraction of sp³-hybridized carbons (Fsp3) is 0.125. The lowest BCUT2D eigenvalue weighted by molar-refractivity contribution is 0.361. The van der Waals surface area contributed by atoms with Crippen LogP contribution < -0.4 is 4.74 Å². The fourth-order valence-corrected chi connectivity index (χ4v) is 2.27. The van der Waals surface area contributed by atoms with Crippen LogP contribution in [0.3, 0.4) is 0 Å². The number of aromatic hydroxyl groups is 2. The van der Waals surface area contributed by atoms with Gasteiger partial charge in [0.25, 0.3) is 0 Å². The molecule has 0 aromatic heterocycles. The molecule has 0 bridgehead atoms. The minimum absolute atomic E-state index is 0.220. The Balaban J connectivity index is 2.06. The molecule has 2 aromatic carbocycles. The van der Waals surface area contributed by atoms with Crippen LogP contribution in [0.5, 0.6) is 17.2 Å². The van der Waals surface area contributed by atoms with Crippen molar-refractivity contribution in [1.29, 1.82) is 0 Å². The van der Waals surface area contributed by atoms with E-state index in [0.29, 0.717) is 12.4 Å². The third kappa shape index (κ3) is 2.15. The molecule has 0 spiro atoms. The molecule has 0 saturated carbocycles. The third-order valence-corrected chi connectivity index (χ3v) is 3.27. The molecule has 0 saturated heterocycles. The first kappa shape index (κ1) is 11.7. The molecule has 1 heterocycles. The maximum Gasteiger partial charge on any atom is 0.130 e. The molecule has 2 N–H and O–H groups in total. The summed E-state index contributed by atoms with van der Waals surface area (Å²) in [5.41, 5.74) is 4.05. The predicted octanol–water partition coefficient (Wildman–Crippen LogP) is 3.34. The van der Waals surface area contributed by atoms with E-state index < -0.39 is 0 Å². The highest BCUT2D eigenvalue weighted by atomic mass is 16.5. The van der Waals surface area contributed by atoms with Gasteiger partial charge in [-0.25, -0.2) is 0 Å². The Morgan fingerprint density at radius 3 is 2.47 bits per heavy atom. The van der Waals surface area contributed by atoms with Crippen LogP contribution in [-0.4, -0.2) is 16.8 Å². The van der Waals surface area contributed by atoms with Crippen LogP contribution in [0.1, 0.15) is 16.7 Å². The Morgan fingerprint density at radius 1 is 1.00 bits per heavy atom. The highest BCUT2D eigenvalue weighted by Gasteiger charge is 2.15. The monoisotopic (exact) mass is 254 g/mol. The number of phenolic OH excluding ortho intramolecular Hbond substituents is 2. The number of phenols is 2. The first-order valence-corrected chi connectivity index (χ1v) is 6.10. The van der Waals surface area contributed by atoms with Crippen LogP contribution in [0, 0.1) is 6.92 Å². The van der Waals surface area contributed by atoms with Gasteiger partial charge in [-0.05, 0) is 47.9 Å². The second-order valence-corrected chi connectivity index (χ2v) is 4.68. The maximum absolute atomic E-state index is 9.55. The first-order valence-electron chi connectivity index (χ1n) is 6.10. The standard InChI is InChI=1S/C16H14O3/c1-10-6-14(18)8-16-15(10)7-12(9-19-16)11-2-4-13(17)5-3-11/h2-8,17-18H,9H2,1H3. The summed E-state index contributed by atoms with van der Waals surface area (Å²) in [6, 6.07) is 10.4. The molecule has 0 aliphatic carbocycles.